The largest absolute Gasteiger partial charge is 0.472 e. The topological polar surface area (TPSA) is 117 Å². The van der Waals surface area contributed by atoms with E-state index < -0.39 is 13.9 Å². The van der Waals surface area contributed by atoms with Crippen molar-refractivity contribution in [3.8, 4) is 0 Å². The van der Waals surface area contributed by atoms with Gasteiger partial charge in [0.25, 0.3) is 0 Å². The first-order valence-corrected chi connectivity index (χ1v) is 18.5. The standard InChI is InChI=1S/C34H64NO7P/c1-3-5-7-9-11-13-15-16-17-19-21-23-25-27-34(36)42-33(32-41-43(37,38)40-30-28-35)31-39-29-26-24-22-20-18-14-12-10-8-6-4-2/h5,7,11,13,16-17,33H,3-4,6,8-10,12,14-15,18-32,35H2,1-2H3,(H,37,38)/b7-5-,13-11-,17-16-. The number of allylic oxidation sites excluding steroid dienone is 6. The molecular formula is C34H64NO7P. The van der Waals surface area contributed by atoms with E-state index in [4.69, 9.17) is 24.3 Å². The molecule has 0 amide bonds. The first-order chi connectivity index (χ1) is 20.9. The Labute approximate surface area is 263 Å². The molecule has 8 nitrogen and oxygen atoms in total. The number of rotatable bonds is 32. The van der Waals surface area contributed by atoms with Crippen molar-refractivity contribution in [1.29, 1.82) is 0 Å². The van der Waals surface area contributed by atoms with Crippen LogP contribution in [0.25, 0.3) is 0 Å². The highest BCUT2D eigenvalue weighted by Crippen LogP contribution is 2.43. The van der Waals surface area contributed by atoms with Crippen LogP contribution in [0.15, 0.2) is 36.5 Å². The van der Waals surface area contributed by atoms with Gasteiger partial charge >= 0.3 is 13.8 Å². The van der Waals surface area contributed by atoms with Crippen molar-refractivity contribution in [2.75, 3.05) is 33.0 Å². The molecule has 0 aliphatic heterocycles. The van der Waals surface area contributed by atoms with Crippen molar-refractivity contribution >= 4 is 13.8 Å². The summed E-state index contributed by atoms with van der Waals surface area (Å²) in [5.41, 5.74) is 5.33. The molecular weight excluding hydrogens is 565 g/mol. The average molecular weight is 630 g/mol. The van der Waals surface area contributed by atoms with Gasteiger partial charge in [0.15, 0.2) is 0 Å². The van der Waals surface area contributed by atoms with Crippen molar-refractivity contribution in [2.24, 2.45) is 5.73 Å². The predicted molar refractivity (Wildman–Crippen MR) is 178 cm³/mol. The Bertz CT molecular complexity index is 757. The summed E-state index contributed by atoms with van der Waals surface area (Å²) in [7, 11) is -4.27. The van der Waals surface area contributed by atoms with E-state index in [1.165, 1.54) is 57.8 Å². The quantitative estimate of drug-likeness (QED) is 0.0327. The van der Waals surface area contributed by atoms with Gasteiger partial charge in [-0.15, -0.1) is 0 Å². The number of hydrogen-bond donors (Lipinski definition) is 2. The second-order valence-electron chi connectivity index (χ2n) is 11.0. The third-order valence-electron chi connectivity index (χ3n) is 6.82. The lowest BCUT2D eigenvalue weighted by Crippen LogP contribution is -2.28. The third kappa shape index (κ3) is 31.9. The molecule has 43 heavy (non-hydrogen) atoms. The summed E-state index contributed by atoms with van der Waals surface area (Å²) in [5.74, 6) is -0.361. The lowest BCUT2D eigenvalue weighted by Gasteiger charge is -2.20. The van der Waals surface area contributed by atoms with Crippen LogP contribution in [0.2, 0.25) is 0 Å². The van der Waals surface area contributed by atoms with Crippen molar-refractivity contribution in [1.82, 2.24) is 0 Å². The minimum absolute atomic E-state index is 0.0954. The highest BCUT2D eigenvalue weighted by atomic mass is 31.2. The van der Waals surface area contributed by atoms with Gasteiger partial charge in [-0.2, -0.15) is 0 Å². The van der Waals surface area contributed by atoms with Gasteiger partial charge in [0.1, 0.15) is 6.10 Å². The van der Waals surface area contributed by atoms with E-state index in [0.717, 1.165) is 57.8 Å². The molecule has 0 bridgehead atoms. The van der Waals surface area contributed by atoms with Gasteiger partial charge in [0.2, 0.25) is 0 Å². The van der Waals surface area contributed by atoms with Crippen LogP contribution >= 0.6 is 7.82 Å². The van der Waals surface area contributed by atoms with E-state index in [1.54, 1.807) is 0 Å². The van der Waals surface area contributed by atoms with Crippen LogP contribution < -0.4 is 5.73 Å². The number of hydrogen-bond acceptors (Lipinski definition) is 7. The number of phosphoric ester groups is 1. The van der Waals surface area contributed by atoms with Crippen LogP contribution in [0.5, 0.6) is 0 Å². The minimum atomic E-state index is -4.27. The van der Waals surface area contributed by atoms with Gasteiger partial charge in [-0.1, -0.05) is 121 Å². The summed E-state index contributed by atoms with van der Waals surface area (Å²) < 4.78 is 33.1. The normalized spacial score (nSPS) is 14.2. The van der Waals surface area contributed by atoms with Crippen LogP contribution in [0.1, 0.15) is 136 Å². The molecule has 2 atom stereocenters. The predicted octanol–water partition coefficient (Wildman–Crippen LogP) is 9.13. The maximum absolute atomic E-state index is 12.4. The van der Waals surface area contributed by atoms with Gasteiger partial charge in [0.05, 0.1) is 19.8 Å². The molecule has 0 radical (unpaired) electrons. The summed E-state index contributed by atoms with van der Waals surface area (Å²) in [6.45, 7) is 4.74. The second-order valence-corrected chi connectivity index (χ2v) is 12.5. The van der Waals surface area contributed by atoms with E-state index in [-0.39, 0.29) is 38.8 Å². The van der Waals surface area contributed by atoms with Gasteiger partial charge in [0, 0.05) is 19.6 Å². The van der Waals surface area contributed by atoms with Crippen molar-refractivity contribution in [3.05, 3.63) is 36.5 Å². The molecule has 9 heteroatoms. The SMILES string of the molecule is CC/C=C\C/C=C\C/C=C\CCCCCC(=O)OC(COCCCCCCCCCCCCC)COP(=O)(O)OCCN. The molecule has 0 saturated heterocycles. The Morgan fingerprint density at radius 2 is 1.30 bits per heavy atom. The minimum Gasteiger partial charge on any atom is -0.457 e. The molecule has 0 saturated carbocycles. The summed E-state index contributed by atoms with van der Waals surface area (Å²) >= 11 is 0. The number of esters is 1. The summed E-state index contributed by atoms with van der Waals surface area (Å²) in [6, 6.07) is 0. The molecule has 252 valence electrons. The lowest BCUT2D eigenvalue weighted by atomic mass is 10.1. The number of phosphoric acid groups is 1. The Hall–Kier alpha value is -1.28. The van der Waals surface area contributed by atoms with Crippen LogP contribution in [-0.4, -0.2) is 49.9 Å². The molecule has 0 fully saturated rings. The Morgan fingerprint density at radius 1 is 0.721 bits per heavy atom. The smallest absolute Gasteiger partial charge is 0.457 e. The van der Waals surface area contributed by atoms with Crippen LogP contribution in [0.3, 0.4) is 0 Å². The maximum Gasteiger partial charge on any atom is 0.472 e. The highest BCUT2D eigenvalue weighted by molar-refractivity contribution is 7.47. The summed E-state index contributed by atoms with van der Waals surface area (Å²) in [5, 5.41) is 0. The monoisotopic (exact) mass is 629 g/mol. The molecule has 0 aromatic rings. The van der Waals surface area contributed by atoms with Crippen LogP contribution in [0.4, 0.5) is 0 Å². The van der Waals surface area contributed by atoms with Crippen molar-refractivity contribution in [3.63, 3.8) is 0 Å². The average Bonchev–Trinajstić information content (AvgIpc) is 2.99. The van der Waals surface area contributed by atoms with Gasteiger partial charge in [-0.25, -0.2) is 4.57 Å². The molecule has 0 aromatic carbocycles. The first-order valence-electron chi connectivity index (χ1n) is 17.0. The zero-order chi connectivity index (χ0) is 31.7. The molecule has 0 aromatic heterocycles. The van der Waals surface area contributed by atoms with Crippen molar-refractivity contribution in [2.45, 2.75) is 142 Å². The van der Waals surface area contributed by atoms with Gasteiger partial charge < -0.3 is 20.1 Å². The molecule has 0 rings (SSSR count). The maximum atomic E-state index is 12.4. The van der Waals surface area contributed by atoms with E-state index in [0.29, 0.717) is 6.61 Å². The summed E-state index contributed by atoms with van der Waals surface area (Å²) in [4.78, 5) is 22.3. The highest BCUT2D eigenvalue weighted by Gasteiger charge is 2.25. The number of ether oxygens (including phenoxy) is 2. The van der Waals surface area contributed by atoms with Crippen molar-refractivity contribution < 1.29 is 32.8 Å². The third-order valence-corrected chi connectivity index (χ3v) is 7.81. The fourth-order valence-electron chi connectivity index (χ4n) is 4.36. The lowest BCUT2D eigenvalue weighted by molar-refractivity contribution is -0.154. The fourth-order valence-corrected chi connectivity index (χ4v) is 5.13. The van der Waals surface area contributed by atoms with E-state index in [1.807, 2.05) is 0 Å². The molecule has 0 aliphatic carbocycles. The zero-order valence-electron chi connectivity index (χ0n) is 27.4. The fraction of sp³-hybridized carbons (Fsp3) is 0.794. The molecule has 0 aliphatic rings. The zero-order valence-corrected chi connectivity index (χ0v) is 28.3. The number of nitrogens with two attached hydrogens (primary N) is 1. The Morgan fingerprint density at radius 3 is 1.93 bits per heavy atom. The van der Waals surface area contributed by atoms with Crippen LogP contribution in [-0.2, 0) is 27.9 Å². The Balaban J connectivity index is 4.20. The Kier molecular flexibility index (Phi) is 31.2. The first kappa shape index (κ1) is 41.7. The van der Waals surface area contributed by atoms with Gasteiger partial charge in [-0.05, 0) is 44.9 Å². The van der Waals surface area contributed by atoms with E-state index >= 15 is 0 Å². The molecule has 0 heterocycles. The molecule has 3 N–H and O–H groups in total. The number of carbonyl (C=O) groups excluding carboxylic acids is 1. The van der Waals surface area contributed by atoms with Crippen LogP contribution in [0, 0.1) is 0 Å². The molecule has 0 spiro atoms. The van der Waals surface area contributed by atoms with E-state index in [9.17, 15) is 14.3 Å². The van der Waals surface area contributed by atoms with E-state index in [2.05, 4.69) is 50.3 Å². The number of carbonyl (C=O) groups is 1. The van der Waals surface area contributed by atoms with Gasteiger partial charge in [-0.3, -0.25) is 13.8 Å². The summed E-state index contributed by atoms with van der Waals surface area (Å²) in [6.07, 6.45) is 33.0. The molecule has 2 unspecified atom stereocenters. The second kappa shape index (κ2) is 32.1. The number of unbranched alkanes of at least 4 members (excludes halogenated alkanes) is 13.